The van der Waals surface area contributed by atoms with Crippen LogP contribution in [0.25, 0.3) is 0 Å². The Hall–Kier alpha value is -0.890. The number of hydrogen-bond acceptors (Lipinski definition) is 1. The standard InChI is InChI=1S/C19H30FN/c1-3-6-15-9-11-16(12-10-15)19(21-13-4-2)17-7-5-8-18(20)14-17/h5,7-8,14-16,19,21H,3-4,6,9-13H2,1-2H3. The molecule has 1 atom stereocenters. The Morgan fingerprint density at radius 2 is 1.90 bits per heavy atom. The highest BCUT2D eigenvalue weighted by molar-refractivity contribution is 5.21. The minimum atomic E-state index is -0.115. The molecule has 0 bridgehead atoms. The summed E-state index contributed by atoms with van der Waals surface area (Å²) in [4.78, 5) is 0. The van der Waals surface area contributed by atoms with Crippen molar-refractivity contribution >= 4 is 0 Å². The molecule has 1 fully saturated rings. The van der Waals surface area contributed by atoms with E-state index >= 15 is 0 Å². The van der Waals surface area contributed by atoms with Crippen molar-refractivity contribution in [2.75, 3.05) is 6.54 Å². The third-order valence-electron chi connectivity index (χ3n) is 4.88. The maximum Gasteiger partial charge on any atom is 0.123 e. The van der Waals surface area contributed by atoms with Gasteiger partial charge in [0.1, 0.15) is 5.82 Å². The number of halogens is 1. The number of benzene rings is 1. The lowest BCUT2D eigenvalue weighted by Crippen LogP contribution is -2.31. The largest absolute Gasteiger partial charge is 0.310 e. The van der Waals surface area contributed by atoms with Crippen LogP contribution in [0, 0.1) is 17.7 Å². The van der Waals surface area contributed by atoms with Gasteiger partial charge in [0, 0.05) is 6.04 Å². The van der Waals surface area contributed by atoms with Gasteiger partial charge in [0.2, 0.25) is 0 Å². The Morgan fingerprint density at radius 1 is 1.14 bits per heavy atom. The van der Waals surface area contributed by atoms with Gasteiger partial charge in [-0.2, -0.15) is 0 Å². The summed E-state index contributed by atoms with van der Waals surface area (Å²) in [6, 6.07) is 7.50. The summed E-state index contributed by atoms with van der Waals surface area (Å²) in [5, 5.41) is 3.66. The number of hydrogen-bond donors (Lipinski definition) is 1. The zero-order chi connectivity index (χ0) is 15.1. The molecule has 0 amide bonds. The van der Waals surface area contributed by atoms with E-state index in [1.165, 1.54) is 38.5 Å². The van der Waals surface area contributed by atoms with Crippen molar-refractivity contribution in [2.45, 2.75) is 64.8 Å². The molecule has 2 rings (SSSR count). The Labute approximate surface area is 129 Å². The third kappa shape index (κ3) is 4.81. The van der Waals surface area contributed by atoms with Crippen LogP contribution in [0.3, 0.4) is 0 Å². The summed E-state index contributed by atoms with van der Waals surface area (Å²) >= 11 is 0. The molecule has 1 aromatic rings. The van der Waals surface area contributed by atoms with E-state index in [-0.39, 0.29) is 5.82 Å². The van der Waals surface area contributed by atoms with E-state index in [1.807, 2.05) is 6.07 Å². The van der Waals surface area contributed by atoms with Gasteiger partial charge in [-0.25, -0.2) is 4.39 Å². The second kappa shape index (κ2) is 8.53. The third-order valence-corrected chi connectivity index (χ3v) is 4.88. The quantitative estimate of drug-likeness (QED) is 0.702. The summed E-state index contributed by atoms with van der Waals surface area (Å²) in [5.41, 5.74) is 1.13. The van der Waals surface area contributed by atoms with Crippen LogP contribution in [0.5, 0.6) is 0 Å². The van der Waals surface area contributed by atoms with Gasteiger partial charge >= 0.3 is 0 Å². The fraction of sp³-hybridized carbons (Fsp3) is 0.684. The van der Waals surface area contributed by atoms with Gasteiger partial charge in [-0.05, 0) is 55.3 Å². The van der Waals surface area contributed by atoms with Crippen LogP contribution in [0.1, 0.15) is 70.4 Å². The highest BCUT2D eigenvalue weighted by Crippen LogP contribution is 2.38. The molecule has 1 aliphatic rings. The molecule has 1 saturated carbocycles. The molecule has 0 radical (unpaired) electrons. The molecule has 0 aromatic heterocycles. The highest BCUT2D eigenvalue weighted by Gasteiger charge is 2.28. The van der Waals surface area contributed by atoms with Gasteiger partial charge < -0.3 is 5.32 Å². The van der Waals surface area contributed by atoms with Crippen LogP contribution in [0.2, 0.25) is 0 Å². The van der Waals surface area contributed by atoms with Gasteiger partial charge in [0.15, 0.2) is 0 Å². The molecule has 0 aliphatic heterocycles. The Balaban J connectivity index is 2.03. The molecule has 0 spiro atoms. The molecule has 2 heteroatoms. The Kier molecular flexibility index (Phi) is 6.69. The second-order valence-electron chi connectivity index (χ2n) is 6.56. The van der Waals surface area contributed by atoms with Crippen LogP contribution in [0.4, 0.5) is 4.39 Å². The first kappa shape index (κ1) is 16.5. The minimum absolute atomic E-state index is 0.115. The van der Waals surface area contributed by atoms with E-state index in [0.29, 0.717) is 12.0 Å². The Bertz CT molecular complexity index is 410. The lowest BCUT2D eigenvalue weighted by molar-refractivity contribution is 0.214. The molecule has 0 saturated heterocycles. The van der Waals surface area contributed by atoms with Crippen molar-refractivity contribution < 1.29 is 4.39 Å². The zero-order valence-corrected chi connectivity index (χ0v) is 13.6. The predicted molar refractivity (Wildman–Crippen MR) is 87.8 cm³/mol. The molecule has 1 nitrogen and oxygen atoms in total. The van der Waals surface area contributed by atoms with Crippen molar-refractivity contribution in [1.82, 2.24) is 5.32 Å². The van der Waals surface area contributed by atoms with E-state index in [1.54, 1.807) is 12.1 Å². The number of rotatable bonds is 7. The topological polar surface area (TPSA) is 12.0 Å². The van der Waals surface area contributed by atoms with Crippen LogP contribution >= 0.6 is 0 Å². The van der Waals surface area contributed by atoms with Gasteiger partial charge in [-0.1, -0.05) is 51.7 Å². The van der Waals surface area contributed by atoms with Crippen LogP contribution in [-0.2, 0) is 0 Å². The van der Waals surface area contributed by atoms with Crippen molar-refractivity contribution in [3.05, 3.63) is 35.6 Å². The maximum atomic E-state index is 13.6. The van der Waals surface area contributed by atoms with E-state index < -0.39 is 0 Å². The summed E-state index contributed by atoms with van der Waals surface area (Å²) in [5.74, 6) is 1.47. The molecular weight excluding hydrogens is 261 g/mol. The van der Waals surface area contributed by atoms with Crippen molar-refractivity contribution in [3.63, 3.8) is 0 Å². The van der Waals surface area contributed by atoms with Crippen LogP contribution in [0.15, 0.2) is 24.3 Å². The molecule has 1 unspecified atom stereocenters. The van der Waals surface area contributed by atoms with Crippen LogP contribution < -0.4 is 5.32 Å². The van der Waals surface area contributed by atoms with Gasteiger partial charge in [0.05, 0.1) is 0 Å². The van der Waals surface area contributed by atoms with E-state index in [9.17, 15) is 4.39 Å². The summed E-state index contributed by atoms with van der Waals surface area (Å²) < 4.78 is 13.6. The van der Waals surface area contributed by atoms with E-state index in [4.69, 9.17) is 0 Å². The highest BCUT2D eigenvalue weighted by atomic mass is 19.1. The first-order valence-electron chi connectivity index (χ1n) is 8.73. The average Bonchev–Trinajstić information content (AvgIpc) is 2.50. The normalized spacial score (nSPS) is 24.0. The fourth-order valence-electron chi connectivity index (χ4n) is 3.78. The summed E-state index contributed by atoms with van der Waals surface area (Å²) in [6.45, 7) is 5.48. The zero-order valence-electron chi connectivity index (χ0n) is 13.6. The summed E-state index contributed by atoms with van der Waals surface area (Å²) in [7, 11) is 0. The minimum Gasteiger partial charge on any atom is -0.310 e. The lowest BCUT2D eigenvalue weighted by Gasteiger charge is -2.35. The predicted octanol–water partition coefficient (Wildman–Crippen LogP) is 5.47. The van der Waals surface area contributed by atoms with Crippen molar-refractivity contribution in [2.24, 2.45) is 11.8 Å². The first-order chi connectivity index (χ1) is 10.2. The average molecular weight is 291 g/mol. The first-order valence-corrected chi connectivity index (χ1v) is 8.73. The molecule has 118 valence electrons. The lowest BCUT2D eigenvalue weighted by atomic mass is 9.75. The summed E-state index contributed by atoms with van der Waals surface area (Å²) in [6.07, 6.45) is 9.05. The smallest absolute Gasteiger partial charge is 0.123 e. The molecule has 21 heavy (non-hydrogen) atoms. The van der Waals surface area contributed by atoms with Gasteiger partial charge in [-0.15, -0.1) is 0 Å². The molecular formula is C19H30FN. The fourth-order valence-corrected chi connectivity index (χ4v) is 3.78. The number of nitrogens with one attached hydrogen (secondary N) is 1. The van der Waals surface area contributed by atoms with Crippen molar-refractivity contribution in [3.8, 4) is 0 Å². The Morgan fingerprint density at radius 3 is 2.52 bits per heavy atom. The SMILES string of the molecule is CCCNC(c1cccc(F)c1)C1CCC(CCC)CC1. The van der Waals surface area contributed by atoms with E-state index in [2.05, 4.69) is 25.2 Å². The van der Waals surface area contributed by atoms with Gasteiger partial charge in [-0.3, -0.25) is 0 Å². The van der Waals surface area contributed by atoms with E-state index in [0.717, 1.165) is 24.4 Å². The second-order valence-corrected chi connectivity index (χ2v) is 6.56. The molecule has 1 N–H and O–H groups in total. The monoisotopic (exact) mass is 291 g/mol. The van der Waals surface area contributed by atoms with Gasteiger partial charge in [0.25, 0.3) is 0 Å². The maximum absolute atomic E-state index is 13.6. The molecule has 1 aliphatic carbocycles. The van der Waals surface area contributed by atoms with Crippen LogP contribution in [-0.4, -0.2) is 6.54 Å². The van der Waals surface area contributed by atoms with Crippen molar-refractivity contribution in [1.29, 1.82) is 0 Å². The molecule has 0 heterocycles. The molecule has 1 aromatic carbocycles.